The largest absolute Gasteiger partial charge is 0.379 e. The number of hydrogen-bond acceptors (Lipinski definition) is 6. The van der Waals surface area contributed by atoms with Crippen LogP contribution in [0.4, 0.5) is 4.39 Å². The molecule has 0 radical (unpaired) electrons. The fourth-order valence-corrected chi connectivity index (χ4v) is 3.34. The molecule has 0 saturated carbocycles. The SMILES string of the molecule is Fc1ccccc1-c1nn2c(CN3CCOCC3)nnc2s1. The lowest BCUT2D eigenvalue weighted by Gasteiger charge is -2.25. The molecule has 1 saturated heterocycles. The van der Waals surface area contributed by atoms with E-state index in [1.807, 2.05) is 0 Å². The molecule has 0 atom stereocenters. The van der Waals surface area contributed by atoms with E-state index in [4.69, 9.17) is 4.74 Å². The molecule has 8 heteroatoms. The number of benzene rings is 1. The van der Waals surface area contributed by atoms with Crippen LogP contribution in [0.15, 0.2) is 24.3 Å². The summed E-state index contributed by atoms with van der Waals surface area (Å²) in [5.41, 5.74) is 0.496. The topological polar surface area (TPSA) is 55.5 Å². The molecule has 0 amide bonds. The number of fused-ring (bicyclic) bond motifs is 1. The zero-order chi connectivity index (χ0) is 14.9. The minimum atomic E-state index is -0.276. The lowest BCUT2D eigenvalue weighted by molar-refractivity contribution is 0.0328. The first-order valence-corrected chi connectivity index (χ1v) is 7.89. The monoisotopic (exact) mass is 319 g/mol. The van der Waals surface area contributed by atoms with Gasteiger partial charge in [0.15, 0.2) is 10.8 Å². The van der Waals surface area contributed by atoms with Crippen LogP contribution in [0.3, 0.4) is 0 Å². The van der Waals surface area contributed by atoms with Crippen molar-refractivity contribution in [2.75, 3.05) is 26.3 Å². The van der Waals surface area contributed by atoms with Gasteiger partial charge in [0.2, 0.25) is 4.96 Å². The van der Waals surface area contributed by atoms with Crippen molar-refractivity contribution in [2.45, 2.75) is 6.54 Å². The number of rotatable bonds is 3. The maximum Gasteiger partial charge on any atom is 0.235 e. The summed E-state index contributed by atoms with van der Waals surface area (Å²) in [7, 11) is 0. The van der Waals surface area contributed by atoms with Crippen molar-refractivity contribution in [1.82, 2.24) is 24.7 Å². The summed E-state index contributed by atoms with van der Waals surface area (Å²) in [5, 5.41) is 13.4. The number of halogens is 1. The average molecular weight is 319 g/mol. The Labute approximate surface area is 130 Å². The van der Waals surface area contributed by atoms with Crippen molar-refractivity contribution in [3.63, 3.8) is 0 Å². The van der Waals surface area contributed by atoms with Crippen molar-refractivity contribution < 1.29 is 9.13 Å². The van der Waals surface area contributed by atoms with E-state index in [2.05, 4.69) is 20.2 Å². The van der Waals surface area contributed by atoms with Crippen LogP contribution in [-0.2, 0) is 11.3 Å². The van der Waals surface area contributed by atoms with Gasteiger partial charge in [-0.15, -0.1) is 10.2 Å². The molecule has 0 spiro atoms. The Morgan fingerprint density at radius 2 is 2.00 bits per heavy atom. The van der Waals surface area contributed by atoms with Crippen LogP contribution in [0.1, 0.15) is 5.82 Å². The van der Waals surface area contributed by atoms with Crippen molar-refractivity contribution in [3.05, 3.63) is 35.9 Å². The smallest absolute Gasteiger partial charge is 0.235 e. The summed E-state index contributed by atoms with van der Waals surface area (Å²) in [5.74, 6) is 0.498. The number of aromatic nitrogens is 4. The van der Waals surface area contributed by atoms with E-state index in [0.717, 1.165) is 32.1 Å². The molecular formula is C14H14FN5OS. The molecule has 114 valence electrons. The standard InChI is InChI=1S/C14H14FN5OS/c15-11-4-2-1-3-10(11)13-18-20-12(16-17-14(20)22-13)9-19-5-7-21-8-6-19/h1-4H,5-9H2. The molecule has 0 bridgehead atoms. The predicted octanol–water partition coefficient (Wildman–Crippen LogP) is 1.82. The first-order chi connectivity index (χ1) is 10.8. The third-order valence-electron chi connectivity index (χ3n) is 3.63. The van der Waals surface area contributed by atoms with Crippen LogP contribution < -0.4 is 0 Å². The second-order valence-electron chi connectivity index (χ2n) is 5.09. The van der Waals surface area contributed by atoms with Gasteiger partial charge in [0.05, 0.1) is 19.8 Å². The summed E-state index contributed by atoms with van der Waals surface area (Å²) < 4.78 is 20.9. The van der Waals surface area contributed by atoms with Gasteiger partial charge < -0.3 is 4.74 Å². The van der Waals surface area contributed by atoms with Gasteiger partial charge in [0.1, 0.15) is 5.82 Å². The normalized spacial score (nSPS) is 16.4. The summed E-state index contributed by atoms with van der Waals surface area (Å²) in [6.07, 6.45) is 0. The Kier molecular flexibility index (Phi) is 3.57. The quantitative estimate of drug-likeness (QED) is 0.737. The average Bonchev–Trinajstić information content (AvgIpc) is 3.11. The molecular weight excluding hydrogens is 305 g/mol. The summed E-state index contributed by atoms with van der Waals surface area (Å²) in [6, 6.07) is 6.63. The van der Waals surface area contributed by atoms with E-state index in [9.17, 15) is 4.39 Å². The zero-order valence-electron chi connectivity index (χ0n) is 11.8. The van der Waals surface area contributed by atoms with Crippen LogP contribution in [-0.4, -0.2) is 51.0 Å². The number of nitrogens with zero attached hydrogens (tertiary/aromatic N) is 5. The van der Waals surface area contributed by atoms with Crippen molar-refractivity contribution >= 4 is 16.3 Å². The highest BCUT2D eigenvalue weighted by Crippen LogP contribution is 2.27. The molecule has 4 rings (SSSR count). The fourth-order valence-electron chi connectivity index (χ4n) is 2.46. The summed E-state index contributed by atoms with van der Waals surface area (Å²) >= 11 is 1.34. The van der Waals surface area contributed by atoms with Gasteiger partial charge >= 0.3 is 0 Å². The van der Waals surface area contributed by atoms with Crippen molar-refractivity contribution in [2.24, 2.45) is 0 Å². The molecule has 0 N–H and O–H groups in total. The first-order valence-electron chi connectivity index (χ1n) is 7.07. The Bertz CT molecular complexity index is 795. The zero-order valence-corrected chi connectivity index (χ0v) is 12.6. The van der Waals surface area contributed by atoms with E-state index in [1.165, 1.54) is 17.4 Å². The first kappa shape index (κ1) is 13.7. The number of hydrogen-bond donors (Lipinski definition) is 0. The van der Waals surface area contributed by atoms with Crippen LogP contribution >= 0.6 is 11.3 Å². The van der Waals surface area contributed by atoms with Crippen LogP contribution in [0.25, 0.3) is 15.5 Å². The van der Waals surface area contributed by atoms with E-state index >= 15 is 0 Å². The maximum absolute atomic E-state index is 13.9. The van der Waals surface area contributed by atoms with Gasteiger partial charge in [-0.25, -0.2) is 4.39 Å². The maximum atomic E-state index is 13.9. The molecule has 2 aromatic heterocycles. The minimum Gasteiger partial charge on any atom is -0.379 e. The molecule has 1 fully saturated rings. The van der Waals surface area contributed by atoms with E-state index < -0.39 is 0 Å². The molecule has 6 nitrogen and oxygen atoms in total. The molecule has 3 heterocycles. The van der Waals surface area contributed by atoms with Gasteiger partial charge in [0, 0.05) is 18.7 Å². The molecule has 22 heavy (non-hydrogen) atoms. The van der Waals surface area contributed by atoms with Gasteiger partial charge in [-0.1, -0.05) is 23.5 Å². The Hall–Kier alpha value is -1.90. The molecule has 1 aliphatic heterocycles. The molecule has 1 aromatic carbocycles. The number of morpholine rings is 1. The summed E-state index contributed by atoms with van der Waals surface area (Å²) in [4.78, 5) is 2.93. The highest BCUT2D eigenvalue weighted by Gasteiger charge is 2.18. The van der Waals surface area contributed by atoms with Crippen molar-refractivity contribution in [3.8, 4) is 10.6 Å². The Morgan fingerprint density at radius 1 is 1.18 bits per heavy atom. The third kappa shape index (κ3) is 2.49. The lowest BCUT2D eigenvalue weighted by atomic mass is 10.2. The van der Waals surface area contributed by atoms with Gasteiger partial charge in [-0.3, -0.25) is 4.90 Å². The molecule has 0 unspecified atom stereocenters. The van der Waals surface area contributed by atoms with Crippen LogP contribution in [0.2, 0.25) is 0 Å². The highest BCUT2D eigenvalue weighted by atomic mass is 32.1. The second-order valence-corrected chi connectivity index (χ2v) is 6.04. The van der Waals surface area contributed by atoms with Crippen molar-refractivity contribution in [1.29, 1.82) is 0 Å². The summed E-state index contributed by atoms with van der Waals surface area (Å²) in [6.45, 7) is 3.89. The molecule has 0 aliphatic carbocycles. The lowest BCUT2D eigenvalue weighted by Crippen LogP contribution is -2.36. The van der Waals surface area contributed by atoms with Gasteiger partial charge in [-0.2, -0.15) is 9.61 Å². The van der Waals surface area contributed by atoms with Gasteiger partial charge in [0.25, 0.3) is 0 Å². The highest BCUT2D eigenvalue weighted by molar-refractivity contribution is 7.19. The Balaban J connectivity index is 1.66. The van der Waals surface area contributed by atoms with E-state index in [0.29, 0.717) is 22.1 Å². The van der Waals surface area contributed by atoms with Gasteiger partial charge in [-0.05, 0) is 12.1 Å². The number of ether oxygens (including phenoxy) is 1. The Morgan fingerprint density at radius 3 is 2.82 bits per heavy atom. The molecule has 3 aromatic rings. The third-order valence-corrected chi connectivity index (χ3v) is 4.56. The minimum absolute atomic E-state index is 0.276. The predicted molar refractivity (Wildman–Crippen MR) is 80.1 cm³/mol. The van der Waals surface area contributed by atoms with Crippen LogP contribution in [0, 0.1) is 5.82 Å². The van der Waals surface area contributed by atoms with E-state index in [-0.39, 0.29) is 5.82 Å². The molecule has 1 aliphatic rings. The van der Waals surface area contributed by atoms with E-state index in [1.54, 1.807) is 22.7 Å². The fraction of sp³-hybridized carbons (Fsp3) is 0.357. The second kappa shape index (κ2) is 5.71. The van der Waals surface area contributed by atoms with Crippen LogP contribution in [0.5, 0.6) is 0 Å².